The van der Waals surface area contributed by atoms with Gasteiger partial charge in [-0.25, -0.2) is 0 Å². The highest BCUT2D eigenvalue weighted by atomic mass is 19.4. The fourth-order valence-electron chi connectivity index (χ4n) is 3.30. The number of nitrogens with one attached hydrogen (secondary N) is 1. The van der Waals surface area contributed by atoms with E-state index in [9.17, 15) is 22.8 Å². The normalized spacial score (nSPS) is 31.2. The smallest absolute Gasteiger partial charge is 0.341 e. The van der Waals surface area contributed by atoms with Gasteiger partial charge in [0.25, 0.3) is 0 Å². The highest BCUT2D eigenvalue weighted by molar-refractivity contribution is 5.87. The van der Waals surface area contributed by atoms with Crippen molar-refractivity contribution in [1.82, 2.24) is 10.2 Å². The van der Waals surface area contributed by atoms with Gasteiger partial charge in [-0.05, 0) is 30.1 Å². The second-order valence-corrected chi connectivity index (χ2v) is 5.43. The van der Waals surface area contributed by atoms with Crippen molar-refractivity contribution in [3.05, 3.63) is 0 Å². The van der Waals surface area contributed by atoms with Gasteiger partial charge in [-0.15, -0.1) is 0 Å². The molecule has 1 N–H and O–H groups in total. The lowest BCUT2D eigenvalue weighted by Gasteiger charge is -2.20. The molecule has 0 aromatic heterocycles. The van der Waals surface area contributed by atoms with Crippen molar-refractivity contribution in [2.45, 2.75) is 19.0 Å². The van der Waals surface area contributed by atoms with Gasteiger partial charge in [-0.2, -0.15) is 13.2 Å². The molecule has 2 saturated carbocycles. The van der Waals surface area contributed by atoms with Crippen molar-refractivity contribution < 1.29 is 22.8 Å². The van der Waals surface area contributed by atoms with Crippen molar-refractivity contribution in [3.63, 3.8) is 0 Å². The number of carbonyl (C=O) groups is 2. The maximum atomic E-state index is 11.9. The molecule has 100 valence electrons. The third-order valence-corrected chi connectivity index (χ3v) is 4.53. The highest BCUT2D eigenvalue weighted by Gasteiger charge is 2.74. The van der Waals surface area contributed by atoms with Crippen LogP contribution in [0.4, 0.5) is 13.2 Å². The van der Waals surface area contributed by atoms with Crippen LogP contribution in [0, 0.1) is 17.3 Å². The van der Waals surface area contributed by atoms with Crippen molar-refractivity contribution in [2.75, 3.05) is 19.6 Å². The van der Waals surface area contributed by atoms with Crippen LogP contribution in [-0.2, 0) is 9.59 Å². The van der Waals surface area contributed by atoms with E-state index in [0.29, 0.717) is 30.3 Å². The zero-order valence-electron chi connectivity index (χ0n) is 9.59. The average molecular weight is 262 g/mol. The Morgan fingerprint density at radius 2 is 1.78 bits per heavy atom. The summed E-state index contributed by atoms with van der Waals surface area (Å²) in [5.74, 6) is -1.37. The number of rotatable bonds is 2. The van der Waals surface area contributed by atoms with Gasteiger partial charge in [0.1, 0.15) is 0 Å². The maximum Gasteiger partial charge on any atom is 0.471 e. The van der Waals surface area contributed by atoms with Gasteiger partial charge in [0, 0.05) is 13.1 Å². The fraction of sp³-hybridized carbons (Fsp3) is 0.818. The minimum Gasteiger partial charge on any atom is -0.341 e. The van der Waals surface area contributed by atoms with Crippen molar-refractivity contribution >= 4 is 11.8 Å². The number of nitrogens with zero attached hydrogens (tertiary/aromatic N) is 1. The van der Waals surface area contributed by atoms with E-state index < -0.39 is 24.5 Å². The Hall–Kier alpha value is -1.27. The Kier molecular flexibility index (Phi) is 2.22. The van der Waals surface area contributed by atoms with E-state index in [1.165, 1.54) is 12.8 Å². The number of amides is 2. The lowest BCUT2D eigenvalue weighted by Crippen LogP contribution is -2.44. The molecule has 1 heterocycles. The predicted octanol–water partition coefficient (Wildman–Crippen LogP) is 0.533. The van der Waals surface area contributed by atoms with E-state index in [2.05, 4.69) is 0 Å². The first-order chi connectivity index (χ1) is 8.34. The van der Waals surface area contributed by atoms with Crippen LogP contribution in [0.5, 0.6) is 0 Å². The van der Waals surface area contributed by atoms with E-state index >= 15 is 0 Å². The van der Waals surface area contributed by atoms with Crippen LogP contribution in [0.25, 0.3) is 0 Å². The van der Waals surface area contributed by atoms with Gasteiger partial charge in [0.05, 0.1) is 6.54 Å². The van der Waals surface area contributed by atoms with Crippen LogP contribution in [-0.4, -0.2) is 42.5 Å². The number of likely N-dealkylation sites (tertiary alicyclic amines) is 1. The Morgan fingerprint density at radius 3 is 2.22 bits per heavy atom. The van der Waals surface area contributed by atoms with Gasteiger partial charge in [0.15, 0.2) is 0 Å². The average Bonchev–Trinajstić information content (AvgIpc) is 3.13. The Balaban J connectivity index is 1.45. The molecule has 7 heteroatoms. The standard InChI is InChI=1S/C11H13F3N2O2/c12-11(13,14)9(18)15-3-8(17)16-4-6-7(5-16)10(6)1-2-10/h6-7H,1-5H2,(H,15,18). The summed E-state index contributed by atoms with van der Waals surface area (Å²) in [6.45, 7) is 0.724. The van der Waals surface area contributed by atoms with Crippen LogP contribution in [0.2, 0.25) is 0 Å². The third-order valence-electron chi connectivity index (χ3n) is 4.53. The van der Waals surface area contributed by atoms with Crippen molar-refractivity contribution in [1.29, 1.82) is 0 Å². The molecule has 1 spiro atoms. The first-order valence-electron chi connectivity index (χ1n) is 5.97. The molecule has 0 bridgehead atoms. The van der Waals surface area contributed by atoms with E-state index in [0.717, 1.165) is 0 Å². The minimum absolute atomic E-state index is 0.421. The third kappa shape index (κ3) is 1.67. The molecule has 0 aromatic carbocycles. The van der Waals surface area contributed by atoms with Gasteiger partial charge < -0.3 is 10.2 Å². The predicted molar refractivity (Wildman–Crippen MR) is 54.3 cm³/mol. The summed E-state index contributed by atoms with van der Waals surface area (Å²) in [7, 11) is 0. The number of hydrogen-bond donors (Lipinski definition) is 1. The first-order valence-corrected chi connectivity index (χ1v) is 5.97. The summed E-state index contributed by atoms with van der Waals surface area (Å²) in [6.07, 6.45) is -2.46. The molecular formula is C11H13F3N2O2. The number of fused-ring (bicyclic) bond motifs is 3. The molecule has 18 heavy (non-hydrogen) atoms. The Bertz CT molecular complexity index is 403. The van der Waals surface area contributed by atoms with Gasteiger partial charge in [-0.1, -0.05) is 0 Å². The monoisotopic (exact) mass is 262 g/mol. The zero-order valence-corrected chi connectivity index (χ0v) is 9.59. The number of hydrogen-bond acceptors (Lipinski definition) is 2. The second kappa shape index (κ2) is 3.39. The molecule has 3 rings (SSSR count). The first kappa shape index (κ1) is 11.8. The zero-order chi connectivity index (χ0) is 13.1. The van der Waals surface area contributed by atoms with Crippen LogP contribution in [0.3, 0.4) is 0 Å². The molecule has 2 amide bonds. The van der Waals surface area contributed by atoms with Crippen LogP contribution in [0.15, 0.2) is 0 Å². The molecule has 0 radical (unpaired) electrons. The molecule has 1 aliphatic heterocycles. The highest BCUT2D eigenvalue weighted by Crippen LogP contribution is 2.77. The quantitative estimate of drug-likeness (QED) is 0.789. The second-order valence-electron chi connectivity index (χ2n) is 5.43. The Labute approximate surface area is 102 Å². The fourth-order valence-corrected chi connectivity index (χ4v) is 3.30. The summed E-state index contributed by atoms with van der Waals surface area (Å²) in [4.78, 5) is 23.7. The molecule has 2 unspecified atom stereocenters. The van der Waals surface area contributed by atoms with Crippen LogP contribution in [0.1, 0.15) is 12.8 Å². The van der Waals surface area contributed by atoms with Crippen LogP contribution < -0.4 is 5.32 Å². The Morgan fingerprint density at radius 1 is 1.22 bits per heavy atom. The molecule has 2 aliphatic carbocycles. The van der Waals surface area contributed by atoms with E-state index in [-0.39, 0.29) is 0 Å². The number of halogens is 3. The molecule has 3 fully saturated rings. The lowest BCUT2D eigenvalue weighted by molar-refractivity contribution is -0.174. The van der Waals surface area contributed by atoms with Crippen molar-refractivity contribution in [3.8, 4) is 0 Å². The van der Waals surface area contributed by atoms with E-state index in [1.807, 2.05) is 0 Å². The molecular weight excluding hydrogens is 249 g/mol. The van der Waals surface area contributed by atoms with E-state index in [1.54, 1.807) is 10.2 Å². The molecule has 2 atom stereocenters. The summed E-state index contributed by atoms with van der Waals surface area (Å²) in [5, 5.41) is 1.61. The maximum absolute atomic E-state index is 11.9. The van der Waals surface area contributed by atoms with Crippen molar-refractivity contribution in [2.24, 2.45) is 17.3 Å². The van der Waals surface area contributed by atoms with Crippen LogP contribution >= 0.6 is 0 Å². The topological polar surface area (TPSA) is 49.4 Å². The number of carbonyl (C=O) groups excluding carboxylic acids is 2. The van der Waals surface area contributed by atoms with E-state index in [4.69, 9.17) is 0 Å². The summed E-state index contributed by atoms with van der Waals surface area (Å²) in [6, 6.07) is 0. The summed E-state index contributed by atoms with van der Waals surface area (Å²) < 4.78 is 35.8. The van der Waals surface area contributed by atoms with Gasteiger partial charge in [0.2, 0.25) is 5.91 Å². The SMILES string of the molecule is O=C(CNC(=O)C(F)(F)F)N1CC2C(C1)C21CC1. The molecule has 3 aliphatic rings. The largest absolute Gasteiger partial charge is 0.471 e. The molecule has 4 nitrogen and oxygen atoms in total. The van der Waals surface area contributed by atoms with Gasteiger partial charge >= 0.3 is 12.1 Å². The minimum atomic E-state index is -4.93. The number of piperidine rings is 1. The molecule has 1 saturated heterocycles. The molecule has 0 aromatic rings. The number of alkyl halides is 3. The summed E-state index contributed by atoms with van der Waals surface area (Å²) in [5.41, 5.74) is 0.492. The van der Waals surface area contributed by atoms with Gasteiger partial charge in [-0.3, -0.25) is 9.59 Å². The summed E-state index contributed by atoms with van der Waals surface area (Å²) >= 11 is 0. The lowest BCUT2D eigenvalue weighted by atomic mass is 10.2.